The smallest absolute Gasteiger partial charge is 0.288 e. The summed E-state index contributed by atoms with van der Waals surface area (Å²) in [5.41, 5.74) is 5.65. The highest BCUT2D eigenvalue weighted by Crippen LogP contribution is 2.39. The summed E-state index contributed by atoms with van der Waals surface area (Å²) in [6.45, 7) is 0.295. The fourth-order valence-corrected chi connectivity index (χ4v) is 3.19. The molecule has 0 heterocycles. The van der Waals surface area contributed by atoms with Gasteiger partial charge in [0.05, 0.1) is 11.1 Å². The number of thioether (sulfide) groups is 1. The van der Waals surface area contributed by atoms with Crippen molar-refractivity contribution in [2.45, 2.75) is 36.3 Å². The Kier molecular flexibility index (Phi) is 4.99. The number of carbonyl (C=O) groups excluding carboxylic acids is 1. The van der Waals surface area contributed by atoms with E-state index in [0.717, 1.165) is 25.7 Å². The fraction of sp³-hybridized carbons (Fsp3) is 0.500. The SMILES string of the molecule is NCC1(C(=O)Nc2ccccc2SC(F)F)CCCC1. The zero-order chi connectivity index (χ0) is 14.6. The topological polar surface area (TPSA) is 55.1 Å². The molecule has 1 aliphatic rings. The Morgan fingerprint density at radius 3 is 2.60 bits per heavy atom. The van der Waals surface area contributed by atoms with Crippen molar-refractivity contribution in [3.8, 4) is 0 Å². The van der Waals surface area contributed by atoms with Crippen molar-refractivity contribution in [2.75, 3.05) is 11.9 Å². The summed E-state index contributed by atoms with van der Waals surface area (Å²) in [6, 6.07) is 6.61. The maximum Gasteiger partial charge on any atom is 0.288 e. The van der Waals surface area contributed by atoms with E-state index in [9.17, 15) is 13.6 Å². The lowest BCUT2D eigenvalue weighted by Crippen LogP contribution is -2.40. The molecule has 0 saturated heterocycles. The maximum absolute atomic E-state index is 12.5. The van der Waals surface area contributed by atoms with E-state index >= 15 is 0 Å². The van der Waals surface area contributed by atoms with E-state index in [1.807, 2.05) is 0 Å². The van der Waals surface area contributed by atoms with Crippen molar-refractivity contribution in [1.82, 2.24) is 0 Å². The van der Waals surface area contributed by atoms with Crippen LogP contribution in [0.3, 0.4) is 0 Å². The van der Waals surface area contributed by atoms with Gasteiger partial charge in [0.1, 0.15) is 0 Å². The molecule has 1 aromatic rings. The molecule has 0 spiro atoms. The summed E-state index contributed by atoms with van der Waals surface area (Å²) < 4.78 is 25.0. The molecular weight excluding hydrogens is 282 g/mol. The summed E-state index contributed by atoms with van der Waals surface area (Å²) in [5, 5.41) is 2.78. The number of anilines is 1. The minimum Gasteiger partial charge on any atom is -0.329 e. The van der Waals surface area contributed by atoms with E-state index in [1.165, 1.54) is 0 Å². The number of nitrogens with two attached hydrogens (primary N) is 1. The second-order valence-corrected chi connectivity index (χ2v) is 6.05. The Labute approximate surface area is 121 Å². The van der Waals surface area contributed by atoms with Gasteiger partial charge in [0.15, 0.2) is 0 Å². The van der Waals surface area contributed by atoms with Crippen molar-refractivity contribution >= 4 is 23.4 Å². The number of amides is 1. The average Bonchev–Trinajstić information content (AvgIpc) is 2.90. The van der Waals surface area contributed by atoms with Gasteiger partial charge in [0.25, 0.3) is 5.76 Å². The third-order valence-electron chi connectivity index (χ3n) is 3.78. The third-order valence-corrected chi connectivity index (χ3v) is 4.57. The molecule has 1 aliphatic carbocycles. The van der Waals surface area contributed by atoms with Crippen molar-refractivity contribution in [1.29, 1.82) is 0 Å². The quantitative estimate of drug-likeness (QED) is 0.819. The molecule has 6 heteroatoms. The van der Waals surface area contributed by atoms with Crippen LogP contribution in [-0.2, 0) is 4.79 Å². The van der Waals surface area contributed by atoms with Crippen LogP contribution in [0.5, 0.6) is 0 Å². The van der Waals surface area contributed by atoms with Crippen LogP contribution in [0.15, 0.2) is 29.2 Å². The monoisotopic (exact) mass is 300 g/mol. The minimum atomic E-state index is -2.51. The van der Waals surface area contributed by atoms with Crippen LogP contribution >= 0.6 is 11.8 Å². The fourth-order valence-electron chi connectivity index (χ4n) is 2.60. The lowest BCUT2D eigenvalue weighted by molar-refractivity contribution is -0.124. The van der Waals surface area contributed by atoms with E-state index in [4.69, 9.17) is 5.73 Å². The molecule has 20 heavy (non-hydrogen) atoms. The van der Waals surface area contributed by atoms with Gasteiger partial charge < -0.3 is 11.1 Å². The Balaban J connectivity index is 2.15. The average molecular weight is 300 g/mol. The van der Waals surface area contributed by atoms with Crippen LogP contribution < -0.4 is 11.1 Å². The van der Waals surface area contributed by atoms with Crippen LogP contribution in [0.25, 0.3) is 0 Å². The third kappa shape index (κ3) is 3.30. The molecular formula is C14H18F2N2OS. The first-order valence-electron chi connectivity index (χ1n) is 6.63. The molecule has 110 valence electrons. The number of hydrogen-bond donors (Lipinski definition) is 2. The first-order chi connectivity index (χ1) is 9.57. The highest BCUT2D eigenvalue weighted by molar-refractivity contribution is 7.99. The lowest BCUT2D eigenvalue weighted by Gasteiger charge is -2.26. The molecule has 2 rings (SSSR count). The molecule has 3 nitrogen and oxygen atoms in total. The van der Waals surface area contributed by atoms with Gasteiger partial charge in [0, 0.05) is 11.4 Å². The summed E-state index contributed by atoms with van der Waals surface area (Å²) >= 11 is 0.437. The summed E-state index contributed by atoms with van der Waals surface area (Å²) in [4.78, 5) is 12.8. The van der Waals surface area contributed by atoms with Gasteiger partial charge in [0.2, 0.25) is 5.91 Å². The predicted molar refractivity (Wildman–Crippen MR) is 76.9 cm³/mol. The predicted octanol–water partition coefficient (Wildman–Crippen LogP) is 3.46. The Morgan fingerprint density at radius 1 is 1.35 bits per heavy atom. The molecule has 0 aromatic heterocycles. The van der Waals surface area contributed by atoms with E-state index in [1.54, 1.807) is 24.3 Å². The molecule has 0 aliphatic heterocycles. The summed E-state index contributed by atoms with van der Waals surface area (Å²) in [7, 11) is 0. The second-order valence-electron chi connectivity index (χ2n) is 5.02. The van der Waals surface area contributed by atoms with Gasteiger partial charge in [-0.2, -0.15) is 8.78 Å². The molecule has 1 aromatic carbocycles. The standard InChI is InChI=1S/C14H18F2N2OS/c15-13(16)20-11-6-2-1-5-10(11)18-12(19)14(9-17)7-3-4-8-14/h1-2,5-6,13H,3-4,7-9,17H2,(H,18,19). The number of halogens is 2. The van der Waals surface area contributed by atoms with E-state index in [0.29, 0.717) is 28.9 Å². The number of hydrogen-bond acceptors (Lipinski definition) is 3. The van der Waals surface area contributed by atoms with Crippen LogP contribution in [-0.4, -0.2) is 18.2 Å². The molecule has 0 radical (unpaired) electrons. The second kappa shape index (κ2) is 6.54. The summed E-state index contributed by atoms with van der Waals surface area (Å²) in [6.07, 6.45) is 3.50. The minimum absolute atomic E-state index is 0.153. The van der Waals surface area contributed by atoms with Gasteiger partial charge in [-0.05, 0) is 25.0 Å². The van der Waals surface area contributed by atoms with Gasteiger partial charge in [-0.15, -0.1) is 0 Å². The molecule has 1 amide bonds. The number of nitrogens with one attached hydrogen (secondary N) is 1. The van der Waals surface area contributed by atoms with Crippen molar-refractivity contribution in [2.24, 2.45) is 11.1 Å². The summed E-state index contributed by atoms with van der Waals surface area (Å²) in [5.74, 6) is -2.66. The van der Waals surface area contributed by atoms with Crippen LogP contribution in [0, 0.1) is 5.41 Å². The highest BCUT2D eigenvalue weighted by atomic mass is 32.2. The van der Waals surface area contributed by atoms with Crippen LogP contribution in [0.1, 0.15) is 25.7 Å². The Morgan fingerprint density at radius 2 is 2.00 bits per heavy atom. The Bertz CT molecular complexity index is 476. The maximum atomic E-state index is 12.5. The van der Waals surface area contributed by atoms with Crippen molar-refractivity contribution in [3.63, 3.8) is 0 Å². The van der Waals surface area contributed by atoms with Gasteiger partial charge in [-0.25, -0.2) is 0 Å². The number of benzene rings is 1. The van der Waals surface area contributed by atoms with E-state index < -0.39 is 11.2 Å². The number of carbonyl (C=O) groups is 1. The molecule has 1 fully saturated rings. The largest absolute Gasteiger partial charge is 0.329 e. The zero-order valence-corrected chi connectivity index (χ0v) is 11.9. The van der Waals surface area contributed by atoms with E-state index in [-0.39, 0.29) is 5.91 Å². The van der Waals surface area contributed by atoms with Crippen LogP contribution in [0.4, 0.5) is 14.5 Å². The molecule has 1 saturated carbocycles. The first kappa shape index (κ1) is 15.3. The molecule has 0 bridgehead atoms. The van der Waals surface area contributed by atoms with Gasteiger partial charge in [-0.1, -0.05) is 36.7 Å². The normalized spacial score (nSPS) is 17.4. The molecule has 3 N–H and O–H groups in total. The van der Waals surface area contributed by atoms with Crippen molar-refractivity contribution in [3.05, 3.63) is 24.3 Å². The Hall–Kier alpha value is -1.14. The van der Waals surface area contributed by atoms with Gasteiger partial charge in [-0.3, -0.25) is 4.79 Å². The number of rotatable bonds is 5. The zero-order valence-electron chi connectivity index (χ0n) is 11.1. The van der Waals surface area contributed by atoms with Gasteiger partial charge >= 0.3 is 0 Å². The number of para-hydroxylation sites is 1. The lowest BCUT2D eigenvalue weighted by atomic mass is 9.85. The van der Waals surface area contributed by atoms with Crippen LogP contribution in [0.2, 0.25) is 0 Å². The van der Waals surface area contributed by atoms with Crippen molar-refractivity contribution < 1.29 is 13.6 Å². The number of alkyl halides is 2. The molecule has 0 atom stereocenters. The highest BCUT2D eigenvalue weighted by Gasteiger charge is 2.40. The van der Waals surface area contributed by atoms with E-state index in [2.05, 4.69) is 5.32 Å². The first-order valence-corrected chi connectivity index (χ1v) is 7.51. The molecule has 0 unspecified atom stereocenters.